The summed E-state index contributed by atoms with van der Waals surface area (Å²) >= 11 is 5.98. The van der Waals surface area contributed by atoms with E-state index in [1.807, 2.05) is 27.7 Å². The van der Waals surface area contributed by atoms with Gasteiger partial charge in [-0.1, -0.05) is 82.6 Å². The van der Waals surface area contributed by atoms with Crippen molar-refractivity contribution in [3.05, 3.63) is 34.6 Å². The lowest BCUT2D eigenvalue weighted by Gasteiger charge is -2.36. The van der Waals surface area contributed by atoms with Crippen molar-refractivity contribution >= 4 is 46.7 Å². The van der Waals surface area contributed by atoms with Gasteiger partial charge in [-0.25, -0.2) is 4.39 Å². The molecule has 4 amide bonds. The number of ketones is 1. The van der Waals surface area contributed by atoms with Gasteiger partial charge in [0.25, 0.3) is 5.91 Å². The smallest absolute Gasteiger partial charge is 0.289 e. The van der Waals surface area contributed by atoms with Crippen molar-refractivity contribution in [1.29, 1.82) is 0 Å². The molecule has 1 aliphatic heterocycles. The molecule has 1 aromatic carbocycles. The van der Waals surface area contributed by atoms with E-state index < -0.39 is 58.5 Å². The first-order chi connectivity index (χ1) is 24.0. The van der Waals surface area contributed by atoms with Gasteiger partial charge >= 0.3 is 0 Å². The third-order valence-corrected chi connectivity index (χ3v) is 10.3. The maximum atomic E-state index is 14.5. The largest absolute Gasteiger partial charge is 0.387 e. The average Bonchev–Trinajstić information content (AvgIpc) is 3.86. The fraction of sp³-hybridized carbons (Fsp3) is 0.684. The first-order valence-corrected chi connectivity index (χ1v) is 18.8. The molecule has 1 heterocycles. The molecule has 13 heteroatoms. The average molecular weight is 732 g/mol. The minimum absolute atomic E-state index is 0.0136. The van der Waals surface area contributed by atoms with Crippen molar-refractivity contribution in [1.82, 2.24) is 20.9 Å². The molecule has 2 aliphatic carbocycles. The number of hydrogen-bond acceptors (Lipinski definition) is 7. The molecule has 4 atom stereocenters. The number of oxime groups is 1. The maximum Gasteiger partial charge on any atom is 0.289 e. The van der Waals surface area contributed by atoms with Gasteiger partial charge in [0.15, 0.2) is 5.60 Å². The summed E-state index contributed by atoms with van der Waals surface area (Å²) in [6, 6.07) is 1.01. The lowest BCUT2D eigenvalue weighted by Crippen LogP contribution is -2.59. The molecule has 0 unspecified atom stereocenters. The van der Waals surface area contributed by atoms with Crippen LogP contribution < -0.4 is 16.0 Å². The number of likely N-dealkylation sites (tertiary alicyclic amines) is 1. The second-order valence-electron chi connectivity index (χ2n) is 15.9. The third-order valence-electron chi connectivity index (χ3n) is 10.0. The predicted octanol–water partition coefficient (Wildman–Crippen LogP) is 5.60. The molecule has 3 aliphatic rings. The summed E-state index contributed by atoms with van der Waals surface area (Å²) < 4.78 is 13.8. The highest BCUT2D eigenvalue weighted by Gasteiger charge is 2.51. The lowest BCUT2D eigenvalue weighted by atomic mass is 9.85. The molecule has 2 saturated carbocycles. The Labute approximate surface area is 306 Å². The van der Waals surface area contributed by atoms with Crippen LogP contribution in [0.5, 0.6) is 0 Å². The van der Waals surface area contributed by atoms with Gasteiger partial charge in [-0.2, -0.15) is 0 Å². The van der Waals surface area contributed by atoms with E-state index in [0.717, 1.165) is 51.4 Å². The lowest BCUT2D eigenvalue weighted by molar-refractivity contribution is -0.145. The number of rotatable bonds is 14. The molecule has 0 spiro atoms. The van der Waals surface area contributed by atoms with Crippen LogP contribution in [0.3, 0.4) is 0 Å². The Morgan fingerprint density at radius 2 is 1.73 bits per heavy atom. The van der Waals surface area contributed by atoms with Gasteiger partial charge in [-0.05, 0) is 69.4 Å². The van der Waals surface area contributed by atoms with Gasteiger partial charge in [0.2, 0.25) is 23.5 Å². The third kappa shape index (κ3) is 11.2. The van der Waals surface area contributed by atoms with E-state index >= 15 is 0 Å². The second kappa shape index (κ2) is 17.3. The second-order valence-corrected chi connectivity index (χ2v) is 16.3. The number of halogens is 2. The molecule has 1 saturated heterocycles. The number of carbonyl (C=O) groups excluding carboxylic acids is 5. The molecular weight excluding hydrogens is 677 g/mol. The van der Waals surface area contributed by atoms with Gasteiger partial charge in [-0.3, -0.25) is 24.0 Å². The minimum Gasteiger partial charge on any atom is -0.387 e. The minimum atomic E-state index is -1.16. The van der Waals surface area contributed by atoms with Crippen LogP contribution in [-0.2, 0) is 28.8 Å². The Balaban J connectivity index is 1.59. The van der Waals surface area contributed by atoms with E-state index in [9.17, 15) is 28.4 Å². The summed E-state index contributed by atoms with van der Waals surface area (Å²) in [5, 5.41) is 12.7. The van der Waals surface area contributed by atoms with Gasteiger partial charge in [-0.15, -0.1) is 0 Å². The van der Waals surface area contributed by atoms with Crippen LogP contribution in [0.4, 0.5) is 4.39 Å². The molecule has 3 N–H and O–H groups in total. The summed E-state index contributed by atoms with van der Waals surface area (Å²) in [4.78, 5) is 75.3. The van der Waals surface area contributed by atoms with E-state index in [2.05, 4.69) is 21.1 Å². The number of benzene rings is 1. The van der Waals surface area contributed by atoms with E-state index in [1.54, 1.807) is 13.8 Å². The van der Waals surface area contributed by atoms with Crippen molar-refractivity contribution < 1.29 is 33.2 Å². The number of carbonyl (C=O) groups is 5. The number of nitrogens with zero attached hydrogens (tertiary/aromatic N) is 2. The van der Waals surface area contributed by atoms with Crippen molar-refractivity contribution in [2.45, 2.75) is 148 Å². The highest BCUT2D eigenvalue weighted by molar-refractivity contribution is 6.38. The Morgan fingerprint density at radius 1 is 1.06 bits per heavy atom. The quantitative estimate of drug-likeness (QED) is 0.0983. The molecule has 0 aromatic heterocycles. The van der Waals surface area contributed by atoms with Crippen LogP contribution in [0.25, 0.3) is 0 Å². The summed E-state index contributed by atoms with van der Waals surface area (Å²) in [7, 11) is 0. The van der Waals surface area contributed by atoms with E-state index in [0.29, 0.717) is 24.1 Å². The first-order valence-electron chi connectivity index (χ1n) is 18.4. The molecule has 3 fully saturated rings. The van der Waals surface area contributed by atoms with Crippen molar-refractivity contribution in [3.63, 3.8) is 0 Å². The molecule has 4 rings (SSSR count). The summed E-state index contributed by atoms with van der Waals surface area (Å²) in [5.41, 5.74) is -0.948. The normalized spacial score (nSPS) is 22.8. The van der Waals surface area contributed by atoms with Gasteiger partial charge in [0, 0.05) is 24.4 Å². The molecule has 11 nitrogen and oxygen atoms in total. The van der Waals surface area contributed by atoms with Crippen molar-refractivity contribution in [2.75, 3.05) is 6.54 Å². The number of amides is 4. The maximum absolute atomic E-state index is 14.5. The number of hydrogen-bond donors (Lipinski definition) is 3. The first kappa shape index (κ1) is 40.2. The molecule has 1 aromatic rings. The zero-order valence-corrected chi connectivity index (χ0v) is 31.7. The summed E-state index contributed by atoms with van der Waals surface area (Å²) in [6.45, 7) is 10.8. The van der Waals surface area contributed by atoms with Crippen molar-refractivity contribution in [2.24, 2.45) is 16.5 Å². The monoisotopic (exact) mass is 731 g/mol. The zero-order chi connectivity index (χ0) is 37.5. The van der Waals surface area contributed by atoms with Gasteiger partial charge in [0.1, 0.15) is 17.9 Å². The van der Waals surface area contributed by atoms with E-state index in [-0.39, 0.29) is 42.3 Å². The van der Waals surface area contributed by atoms with Gasteiger partial charge in [0.05, 0.1) is 23.3 Å². The molecule has 51 heavy (non-hydrogen) atoms. The van der Waals surface area contributed by atoms with Crippen molar-refractivity contribution in [3.8, 4) is 0 Å². The van der Waals surface area contributed by atoms with Crippen LogP contribution in [-0.4, -0.2) is 76.3 Å². The SMILES string of the molecule is CCC[C@H](NC(=O)[C@@H]1C[C@@](C)(O/N=C(\C)c2ccc(F)c(Cl)c2)CN1C(=O)[C@@H](NC(=O)CC1CCCCCC1)C(C)(C)C)C(=O)C(=O)NC1CC1. The Bertz CT molecular complexity index is 1490. The highest BCUT2D eigenvalue weighted by Crippen LogP contribution is 2.34. The van der Waals surface area contributed by atoms with Crippen LogP contribution in [0, 0.1) is 17.2 Å². The highest BCUT2D eigenvalue weighted by atomic mass is 35.5. The Kier molecular flexibility index (Phi) is 13.7. The van der Waals surface area contributed by atoms with Crippen LogP contribution in [0.1, 0.15) is 124 Å². The fourth-order valence-corrected chi connectivity index (χ4v) is 7.05. The summed E-state index contributed by atoms with van der Waals surface area (Å²) in [6.07, 6.45) is 9.19. The van der Waals surface area contributed by atoms with Crippen LogP contribution >= 0.6 is 11.6 Å². The van der Waals surface area contributed by atoms with E-state index in [4.69, 9.17) is 16.4 Å². The molecule has 0 radical (unpaired) electrons. The zero-order valence-electron chi connectivity index (χ0n) is 30.9. The summed E-state index contributed by atoms with van der Waals surface area (Å²) in [5.74, 6) is -3.05. The topological polar surface area (TPSA) is 146 Å². The predicted molar refractivity (Wildman–Crippen MR) is 193 cm³/mol. The van der Waals surface area contributed by atoms with Crippen LogP contribution in [0.2, 0.25) is 5.02 Å². The molecule has 0 bridgehead atoms. The number of nitrogens with one attached hydrogen (secondary N) is 3. The number of Topliss-reactive ketones (excluding diaryl/α,β-unsaturated/α-hetero) is 1. The fourth-order valence-electron chi connectivity index (χ4n) is 6.87. The molecule has 282 valence electrons. The Morgan fingerprint density at radius 3 is 2.31 bits per heavy atom. The Hall–Kier alpha value is -3.54. The molecular formula is C38H55ClFN5O6. The van der Waals surface area contributed by atoms with Crippen LogP contribution in [0.15, 0.2) is 23.4 Å². The van der Waals surface area contributed by atoms with E-state index in [1.165, 1.54) is 23.1 Å². The van der Waals surface area contributed by atoms with Gasteiger partial charge < -0.3 is 25.7 Å². The standard InChI is InChI=1S/C38H55ClFN5O6/c1-7-12-29(32(47)35(49)41-26-16-17-26)42-34(48)30-21-38(6,51-44-23(2)25-15-18-28(40)27(39)20-25)22-45(30)36(50)33(37(3,4)5)43-31(46)19-24-13-10-8-9-11-14-24/h15,18,20,24,26,29-30,33H,7-14,16-17,19,21-22H2,1-6H3,(H,41,49)(H,42,48)(H,43,46)/b44-23+/t29-,30-,33+,38+/m0/s1.